The molecule has 90 valence electrons. The van der Waals surface area contributed by atoms with Crippen molar-refractivity contribution in [3.05, 3.63) is 0 Å². The first kappa shape index (κ1) is 11.8. The molecular weight excluding hydrogens is 224 g/mol. The Labute approximate surface area is 100 Å². The van der Waals surface area contributed by atoms with Crippen LogP contribution in [0.25, 0.3) is 0 Å². The normalized spacial score (nSPS) is 35.4. The van der Waals surface area contributed by atoms with Crippen molar-refractivity contribution < 1.29 is 9.59 Å². The maximum atomic E-state index is 11.7. The molecule has 5 heteroatoms. The number of hydrogen-bond donors (Lipinski definition) is 1. The summed E-state index contributed by atoms with van der Waals surface area (Å²) in [5, 5.41) is 3.10. The van der Waals surface area contributed by atoms with Crippen LogP contribution in [-0.4, -0.2) is 40.9 Å². The molecule has 0 aromatic carbocycles. The number of thioether (sulfide) groups is 1. The van der Waals surface area contributed by atoms with Crippen LogP contribution in [0.1, 0.15) is 26.2 Å². The molecule has 0 aromatic rings. The Morgan fingerprint density at radius 2 is 2.12 bits per heavy atom. The first-order valence-electron chi connectivity index (χ1n) is 5.76. The lowest BCUT2D eigenvalue weighted by atomic mass is 10.1. The summed E-state index contributed by atoms with van der Waals surface area (Å²) in [6.07, 6.45) is 5.43. The summed E-state index contributed by atoms with van der Waals surface area (Å²) in [5.74, 6) is -0.216. The zero-order chi connectivity index (χ0) is 11.7. The monoisotopic (exact) mass is 242 g/mol. The van der Waals surface area contributed by atoms with Crippen molar-refractivity contribution in [1.82, 2.24) is 10.2 Å². The van der Waals surface area contributed by atoms with Crippen LogP contribution in [0.5, 0.6) is 0 Å². The van der Waals surface area contributed by atoms with Crippen molar-refractivity contribution in [3.63, 3.8) is 0 Å². The van der Waals surface area contributed by atoms with E-state index in [1.807, 2.05) is 23.6 Å². The second-order valence-corrected chi connectivity index (χ2v) is 5.81. The van der Waals surface area contributed by atoms with Gasteiger partial charge in [-0.2, -0.15) is 11.8 Å². The van der Waals surface area contributed by atoms with E-state index in [1.54, 1.807) is 0 Å². The van der Waals surface area contributed by atoms with Crippen molar-refractivity contribution in [2.24, 2.45) is 5.92 Å². The molecule has 1 saturated carbocycles. The van der Waals surface area contributed by atoms with Crippen LogP contribution in [0.4, 0.5) is 4.79 Å². The molecule has 1 aliphatic heterocycles. The summed E-state index contributed by atoms with van der Waals surface area (Å²) < 4.78 is 0. The van der Waals surface area contributed by atoms with Gasteiger partial charge < -0.3 is 4.90 Å². The molecule has 2 rings (SSSR count). The minimum absolute atomic E-state index is 0.0778. The Balaban J connectivity index is 1.99. The van der Waals surface area contributed by atoms with Crippen molar-refractivity contribution in [3.8, 4) is 0 Å². The Bertz CT molecular complexity index is 308. The average Bonchev–Trinajstić information content (AvgIpc) is 2.71. The average molecular weight is 242 g/mol. The highest BCUT2D eigenvalue weighted by molar-refractivity contribution is 7.99. The van der Waals surface area contributed by atoms with E-state index in [4.69, 9.17) is 0 Å². The zero-order valence-corrected chi connectivity index (χ0v) is 10.5. The molecule has 0 aromatic heterocycles. The van der Waals surface area contributed by atoms with Gasteiger partial charge in [-0.15, -0.1) is 0 Å². The van der Waals surface area contributed by atoms with Crippen LogP contribution in [0, 0.1) is 5.92 Å². The van der Waals surface area contributed by atoms with Gasteiger partial charge in [0.1, 0.15) is 0 Å². The van der Waals surface area contributed by atoms with Crippen LogP contribution in [0.2, 0.25) is 0 Å². The number of rotatable bonds is 2. The van der Waals surface area contributed by atoms with Gasteiger partial charge in [0.25, 0.3) is 0 Å². The van der Waals surface area contributed by atoms with E-state index >= 15 is 0 Å². The van der Waals surface area contributed by atoms with Gasteiger partial charge in [0.2, 0.25) is 5.91 Å². The number of nitrogens with zero attached hydrogens (tertiary/aromatic N) is 1. The van der Waals surface area contributed by atoms with Crippen LogP contribution in [0.3, 0.4) is 0 Å². The number of carbonyl (C=O) groups excluding carboxylic acids is 2. The third kappa shape index (κ3) is 2.19. The topological polar surface area (TPSA) is 49.4 Å². The highest BCUT2D eigenvalue weighted by Crippen LogP contribution is 2.32. The fourth-order valence-electron chi connectivity index (χ4n) is 2.49. The van der Waals surface area contributed by atoms with Gasteiger partial charge in [0, 0.05) is 17.8 Å². The van der Waals surface area contributed by atoms with Crippen LogP contribution in [0.15, 0.2) is 0 Å². The van der Waals surface area contributed by atoms with Crippen LogP contribution >= 0.6 is 11.8 Å². The van der Waals surface area contributed by atoms with Gasteiger partial charge in [-0.1, -0.05) is 6.92 Å². The summed E-state index contributed by atoms with van der Waals surface area (Å²) in [7, 11) is 0. The minimum Gasteiger partial charge on any atom is -0.321 e. The third-order valence-electron chi connectivity index (χ3n) is 3.54. The van der Waals surface area contributed by atoms with Gasteiger partial charge in [-0.3, -0.25) is 10.1 Å². The Morgan fingerprint density at radius 1 is 1.38 bits per heavy atom. The number of nitrogens with one attached hydrogen (secondary N) is 1. The van der Waals surface area contributed by atoms with E-state index in [0.717, 1.165) is 12.8 Å². The largest absolute Gasteiger partial charge is 0.324 e. The molecule has 16 heavy (non-hydrogen) atoms. The molecule has 2 fully saturated rings. The van der Waals surface area contributed by atoms with E-state index in [2.05, 4.69) is 11.6 Å². The molecule has 0 radical (unpaired) electrons. The smallest absolute Gasteiger partial charge is 0.321 e. The molecule has 1 saturated heterocycles. The summed E-state index contributed by atoms with van der Waals surface area (Å²) in [5.41, 5.74) is 0. The first-order valence-corrected chi connectivity index (χ1v) is 7.05. The van der Waals surface area contributed by atoms with Gasteiger partial charge in [0.15, 0.2) is 0 Å². The molecule has 3 atom stereocenters. The number of urea groups is 1. The minimum atomic E-state index is -0.199. The quantitative estimate of drug-likeness (QED) is 0.797. The highest BCUT2D eigenvalue weighted by atomic mass is 32.2. The summed E-state index contributed by atoms with van der Waals surface area (Å²) in [6, 6.07) is 0.128. The van der Waals surface area contributed by atoms with Crippen molar-refractivity contribution in [1.29, 1.82) is 0 Å². The number of hydrogen-bond acceptors (Lipinski definition) is 3. The second kappa shape index (κ2) is 4.65. The maximum Gasteiger partial charge on any atom is 0.324 e. The molecule has 1 N–H and O–H groups in total. The maximum absolute atomic E-state index is 11.7. The zero-order valence-electron chi connectivity index (χ0n) is 9.73. The lowest BCUT2D eigenvalue weighted by Crippen LogP contribution is -2.56. The predicted molar refractivity (Wildman–Crippen MR) is 64.4 cm³/mol. The molecule has 3 unspecified atom stereocenters. The molecule has 1 heterocycles. The van der Waals surface area contributed by atoms with Gasteiger partial charge in [-0.25, -0.2) is 4.79 Å². The van der Waals surface area contributed by atoms with Gasteiger partial charge in [0.05, 0.1) is 5.92 Å². The second-order valence-electron chi connectivity index (χ2n) is 4.67. The number of amides is 3. The van der Waals surface area contributed by atoms with Crippen molar-refractivity contribution in [2.45, 2.75) is 37.5 Å². The lowest BCUT2D eigenvalue weighted by molar-refractivity contribution is -0.125. The van der Waals surface area contributed by atoms with E-state index in [1.165, 1.54) is 6.42 Å². The van der Waals surface area contributed by atoms with E-state index in [-0.39, 0.29) is 17.9 Å². The van der Waals surface area contributed by atoms with E-state index < -0.39 is 0 Å². The molecule has 0 spiro atoms. The summed E-state index contributed by atoms with van der Waals surface area (Å²) in [6.45, 7) is 2.45. The molecule has 0 bridgehead atoms. The Hall–Kier alpha value is -0.710. The van der Waals surface area contributed by atoms with Crippen LogP contribution in [-0.2, 0) is 4.79 Å². The van der Waals surface area contributed by atoms with E-state index in [0.29, 0.717) is 17.8 Å². The Kier molecular flexibility index (Phi) is 3.42. The molecule has 2 aliphatic rings. The van der Waals surface area contributed by atoms with E-state index in [9.17, 15) is 9.59 Å². The van der Waals surface area contributed by atoms with Crippen molar-refractivity contribution in [2.75, 3.05) is 12.8 Å². The van der Waals surface area contributed by atoms with Crippen molar-refractivity contribution >= 4 is 23.7 Å². The van der Waals surface area contributed by atoms with Gasteiger partial charge in [-0.05, 0) is 25.5 Å². The lowest BCUT2D eigenvalue weighted by Gasteiger charge is -2.35. The summed E-state index contributed by atoms with van der Waals surface area (Å²) in [4.78, 5) is 24.9. The molecule has 4 nitrogen and oxygen atoms in total. The number of carbonyl (C=O) groups is 2. The number of imide groups is 1. The Morgan fingerprint density at radius 3 is 2.75 bits per heavy atom. The standard InChI is InChI=1S/C11H18N2O2S/c1-7-6-13(11(15)12-10(7)14)8-3-4-9(5-8)16-2/h7-9H,3-6H2,1-2H3,(H,12,14,15). The SMILES string of the molecule is CSC1CCC(N2CC(C)C(=O)NC2=O)C1. The van der Waals surface area contributed by atoms with Crippen LogP contribution < -0.4 is 5.32 Å². The molecule has 3 amide bonds. The predicted octanol–water partition coefficient (Wildman–Crippen LogP) is 1.46. The molecular formula is C11H18N2O2S. The third-order valence-corrected chi connectivity index (χ3v) is 4.63. The fraction of sp³-hybridized carbons (Fsp3) is 0.818. The fourth-order valence-corrected chi connectivity index (χ4v) is 3.28. The highest BCUT2D eigenvalue weighted by Gasteiger charge is 2.37. The first-order chi connectivity index (χ1) is 7.61. The van der Waals surface area contributed by atoms with Gasteiger partial charge >= 0.3 is 6.03 Å². The molecule has 1 aliphatic carbocycles. The summed E-state index contributed by atoms with van der Waals surface area (Å²) >= 11 is 1.88.